The van der Waals surface area contributed by atoms with Gasteiger partial charge in [0.05, 0.1) is 10.9 Å². The molecular formula is C15H19N3O2S. The lowest BCUT2D eigenvalue weighted by Crippen LogP contribution is -2.39. The third-order valence-electron chi connectivity index (χ3n) is 4.03. The van der Waals surface area contributed by atoms with E-state index in [0.29, 0.717) is 24.0 Å². The van der Waals surface area contributed by atoms with E-state index in [4.69, 9.17) is 0 Å². The normalized spacial score (nSPS) is 18.0. The lowest BCUT2D eigenvalue weighted by Gasteiger charge is -2.31. The average Bonchev–Trinajstić information content (AvgIpc) is 3.02. The van der Waals surface area contributed by atoms with E-state index in [1.165, 1.54) is 0 Å². The number of hydrogen-bond donors (Lipinski definition) is 0. The van der Waals surface area contributed by atoms with Crippen LogP contribution < -0.4 is 0 Å². The second-order valence-corrected chi connectivity index (χ2v) is 7.29. The summed E-state index contributed by atoms with van der Waals surface area (Å²) in [6.07, 6.45) is 5.30. The van der Waals surface area contributed by atoms with E-state index in [1.54, 1.807) is 22.6 Å². The highest BCUT2D eigenvalue weighted by Crippen LogP contribution is 2.27. The van der Waals surface area contributed by atoms with Crippen molar-refractivity contribution >= 4 is 10.0 Å². The summed E-state index contributed by atoms with van der Waals surface area (Å²) in [7, 11) is -3.38. The van der Waals surface area contributed by atoms with Crippen LogP contribution in [0.15, 0.2) is 47.6 Å². The van der Waals surface area contributed by atoms with Crippen molar-refractivity contribution in [3.05, 3.63) is 48.3 Å². The maximum Gasteiger partial charge on any atom is 0.243 e. The molecule has 0 amide bonds. The van der Waals surface area contributed by atoms with Gasteiger partial charge in [0, 0.05) is 25.5 Å². The Morgan fingerprint density at radius 2 is 1.86 bits per heavy atom. The highest BCUT2D eigenvalue weighted by Gasteiger charge is 2.30. The fourth-order valence-corrected chi connectivity index (χ4v) is 4.52. The van der Waals surface area contributed by atoms with Crippen LogP contribution in [0.25, 0.3) is 0 Å². The molecule has 3 rings (SSSR count). The molecule has 1 aromatic carbocycles. The van der Waals surface area contributed by atoms with E-state index in [9.17, 15) is 8.42 Å². The van der Waals surface area contributed by atoms with Gasteiger partial charge >= 0.3 is 0 Å². The van der Waals surface area contributed by atoms with Gasteiger partial charge in [-0.3, -0.25) is 4.68 Å². The van der Waals surface area contributed by atoms with Gasteiger partial charge in [-0.1, -0.05) is 18.2 Å². The second kappa shape index (κ2) is 5.61. The minimum Gasteiger partial charge on any atom is -0.270 e. The highest BCUT2D eigenvalue weighted by molar-refractivity contribution is 7.89. The third kappa shape index (κ3) is 2.73. The maximum absolute atomic E-state index is 12.7. The molecule has 0 aliphatic carbocycles. The molecule has 5 nitrogen and oxygen atoms in total. The molecule has 1 aliphatic rings. The molecule has 1 saturated heterocycles. The number of benzene rings is 1. The maximum atomic E-state index is 12.7. The predicted octanol–water partition coefficient (Wildman–Crippen LogP) is 2.22. The van der Waals surface area contributed by atoms with Crippen LogP contribution in [0.3, 0.4) is 0 Å². The lowest BCUT2D eigenvalue weighted by atomic mass is 10.1. The van der Waals surface area contributed by atoms with Crippen molar-refractivity contribution in [3.8, 4) is 0 Å². The van der Waals surface area contributed by atoms with Crippen molar-refractivity contribution in [1.82, 2.24) is 14.1 Å². The molecule has 1 fully saturated rings. The van der Waals surface area contributed by atoms with Crippen LogP contribution >= 0.6 is 0 Å². The monoisotopic (exact) mass is 305 g/mol. The molecule has 1 aliphatic heterocycles. The molecule has 0 N–H and O–H groups in total. The molecule has 2 heterocycles. The first-order valence-corrected chi connectivity index (χ1v) is 8.58. The van der Waals surface area contributed by atoms with E-state index in [1.807, 2.05) is 36.0 Å². The summed E-state index contributed by atoms with van der Waals surface area (Å²) >= 11 is 0. The zero-order valence-corrected chi connectivity index (χ0v) is 12.8. The topological polar surface area (TPSA) is 55.2 Å². The van der Waals surface area contributed by atoms with Crippen LogP contribution in [0.5, 0.6) is 0 Å². The van der Waals surface area contributed by atoms with Crippen LogP contribution in [-0.4, -0.2) is 35.6 Å². The van der Waals surface area contributed by atoms with Crippen molar-refractivity contribution < 1.29 is 8.42 Å². The van der Waals surface area contributed by atoms with Gasteiger partial charge in [-0.05, 0) is 37.5 Å². The Morgan fingerprint density at radius 3 is 2.48 bits per heavy atom. The summed E-state index contributed by atoms with van der Waals surface area (Å²) in [5.74, 6) is 0. The first kappa shape index (κ1) is 14.3. The minimum atomic E-state index is -3.38. The second-order valence-electron chi connectivity index (χ2n) is 5.39. The first-order valence-electron chi connectivity index (χ1n) is 7.14. The van der Waals surface area contributed by atoms with E-state index in [-0.39, 0.29) is 0 Å². The van der Waals surface area contributed by atoms with Crippen molar-refractivity contribution in [3.63, 3.8) is 0 Å². The summed E-state index contributed by atoms with van der Waals surface area (Å²) in [4.78, 5) is 0.419. The van der Waals surface area contributed by atoms with E-state index < -0.39 is 10.0 Å². The fourth-order valence-electron chi connectivity index (χ4n) is 2.83. The Hall–Kier alpha value is -1.66. The van der Waals surface area contributed by atoms with Crippen molar-refractivity contribution in [2.24, 2.45) is 0 Å². The lowest BCUT2D eigenvalue weighted by molar-refractivity contribution is 0.261. The molecule has 1 aromatic heterocycles. The van der Waals surface area contributed by atoms with Crippen LogP contribution in [0.1, 0.15) is 24.4 Å². The quantitative estimate of drug-likeness (QED) is 0.873. The Morgan fingerprint density at radius 1 is 1.14 bits per heavy atom. The molecule has 0 atom stereocenters. The molecule has 112 valence electrons. The third-order valence-corrected chi connectivity index (χ3v) is 6.09. The van der Waals surface area contributed by atoms with E-state index in [0.717, 1.165) is 18.4 Å². The molecule has 2 aromatic rings. The molecular weight excluding hydrogens is 286 g/mol. The molecule has 21 heavy (non-hydrogen) atoms. The molecule has 0 spiro atoms. The van der Waals surface area contributed by atoms with Crippen molar-refractivity contribution in [2.45, 2.75) is 30.7 Å². The van der Waals surface area contributed by atoms with Crippen molar-refractivity contribution in [2.75, 3.05) is 13.1 Å². The summed E-state index contributed by atoms with van der Waals surface area (Å²) in [6, 6.07) is 9.35. The van der Waals surface area contributed by atoms with Gasteiger partial charge in [0.2, 0.25) is 10.0 Å². The van der Waals surface area contributed by atoms with Gasteiger partial charge in [-0.25, -0.2) is 8.42 Å². The number of piperidine rings is 1. The SMILES string of the molecule is Cc1ccccc1S(=O)(=O)N1CCC(n2cccn2)CC1. The van der Waals surface area contributed by atoms with Gasteiger partial charge in [-0.15, -0.1) is 0 Å². The summed E-state index contributed by atoms with van der Waals surface area (Å²) in [6.45, 7) is 2.92. The molecule has 6 heteroatoms. The highest BCUT2D eigenvalue weighted by atomic mass is 32.2. The summed E-state index contributed by atoms with van der Waals surface area (Å²) < 4.78 is 28.9. The summed E-state index contributed by atoms with van der Waals surface area (Å²) in [5.41, 5.74) is 0.798. The Balaban J connectivity index is 1.76. The Labute approximate surface area is 125 Å². The minimum absolute atomic E-state index is 0.295. The van der Waals surface area contributed by atoms with Crippen LogP contribution in [-0.2, 0) is 10.0 Å². The molecule has 0 unspecified atom stereocenters. The number of rotatable bonds is 3. The summed E-state index contributed by atoms with van der Waals surface area (Å²) in [5, 5.41) is 4.25. The zero-order chi connectivity index (χ0) is 14.9. The standard InChI is InChI=1S/C15H19N3O2S/c1-13-5-2-3-6-15(13)21(19,20)17-11-7-14(8-12-17)18-10-4-9-16-18/h2-6,9-10,14H,7-8,11-12H2,1H3. The van der Waals surface area contributed by atoms with Crippen LogP contribution in [0.2, 0.25) is 0 Å². The first-order chi connectivity index (χ1) is 10.1. The van der Waals surface area contributed by atoms with Gasteiger partial charge in [0.15, 0.2) is 0 Å². The van der Waals surface area contributed by atoms with Crippen molar-refractivity contribution in [1.29, 1.82) is 0 Å². The Kier molecular flexibility index (Phi) is 3.82. The van der Waals surface area contributed by atoms with Gasteiger partial charge < -0.3 is 0 Å². The number of sulfonamides is 1. The van der Waals surface area contributed by atoms with Gasteiger partial charge in [0.25, 0.3) is 0 Å². The average molecular weight is 305 g/mol. The molecule has 0 bridgehead atoms. The van der Waals surface area contributed by atoms with Gasteiger partial charge in [0.1, 0.15) is 0 Å². The number of aryl methyl sites for hydroxylation is 1. The fraction of sp³-hybridized carbons (Fsp3) is 0.400. The number of nitrogens with zero attached hydrogens (tertiary/aromatic N) is 3. The smallest absolute Gasteiger partial charge is 0.243 e. The Bertz CT molecular complexity index is 702. The molecule has 0 radical (unpaired) electrons. The number of aromatic nitrogens is 2. The largest absolute Gasteiger partial charge is 0.270 e. The van der Waals surface area contributed by atoms with E-state index in [2.05, 4.69) is 5.10 Å². The van der Waals surface area contributed by atoms with Gasteiger partial charge in [-0.2, -0.15) is 9.40 Å². The zero-order valence-electron chi connectivity index (χ0n) is 12.0. The van der Waals surface area contributed by atoms with E-state index >= 15 is 0 Å². The van der Waals surface area contributed by atoms with Crippen LogP contribution in [0.4, 0.5) is 0 Å². The predicted molar refractivity (Wildman–Crippen MR) is 80.4 cm³/mol. The molecule has 0 saturated carbocycles. The number of hydrogen-bond acceptors (Lipinski definition) is 3. The van der Waals surface area contributed by atoms with Crippen LogP contribution in [0, 0.1) is 6.92 Å².